The first-order valence-electron chi connectivity index (χ1n) is 5.16. The highest BCUT2D eigenvalue weighted by molar-refractivity contribution is 6.28. The molecule has 1 aliphatic rings. The van der Waals surface area contributed by atoms with Crippen LogP contribution in [0.2, 0.25) is 5.28 Å². The Morgan fingerprint density at radius 3 is 3.07 bits per heavy atom. The number of rotatable bonds is 3. The lowest BCUT2D eigenvalue weighted by molar-refractivity contribution is 0.138. The molecule has 2 unspecified atom stereocenters. The highest BCUT2D eigenvalue weighted by Crippen LogP contribution is 2.25. The zero-order valence-corrected chi connectivity index (χ0v) is 9.11. The number of nitrogens with zero attached hydrogens (tertiary/aromatic N) is 2. The maximum absolute atomic E-state index is 9.62. The van der Waals surface area contributed by atoms with Gasteiger partial charge in [0, 0.05) is 18.7 Å². The molecule has 5 heteroatoms. The Labute approximate surface area is 93.7 Å². The molecule has 0 saturated heterocycles. The molecule has 1 fully saturated rings. The molecule has 0 spiro atoms. The molecule has 2 rings (SSSR count). The van der Waals surface area contributed by atoms with Crippen LogP contribution in [0, 0.1) is 5.92 Å². The molecule has 1 heterocycles. The molecule has 2 atom stereocenters. The van der Waals surface area contributed by atoms with Crippen LogP contribution in [0.3, 0.4) is 0 Å². The van der Waals surface area contributed by atoms with E-state index in [1.165, 1.54) is 0 Å². The summed E-state index contributed by atoms with van der Waals surface area (Å²) < 4.78 is 0. The van der Waals surface area contributed by atoms with Gasteiger partial charge >= 0.3 is 0 Å². The zero-order valence-electron chi connectivity index (χ0n) is 8.36. The number of hydrogen-bond donors (Lipinski definition) is 2. The van der Waals surface area contributed by atoms with Crippen molar-refractivity contribution in [1.82, 2.24) is 9.97 Å². The van der Waals surface area contributed by atoms with Crippen LogP contribution in [0.25, 0.3) is 0 Å². The van der Waals surface area contributed by atoms with Gasteiger partial charge in [0.1, 0.15) is 5.82 Å². The Balaban J connectivity index is 1.87. The first-order valence-corrected chi connectivity index (χ1v) is 5.54. The van der Waals surface area contributed by atoms with Crippen LogP contribution in [0.15, 0.2) is 12.3 Å². The number of nitrogens with one attached hydrogen (secondary N) is 1. The lowest BCUT2D eigenvalue weighted by atomic mass is 10.1. The Morgan fingerprint density at radius 1 is 1.53 bits per heavy atom. The highest BCUT2D eigenvalue weighted by Gasteiger charge is 2.24. The molecule has 0 radical (unpaired) electrons. The van der Waals surface area contributed by atoms with Crippen LogP contribution in [0.1, 0.15) is 19.3 Å². The predicted octanol–water partition coefficient (Wildman–Crippen LogP) is 1.70. The second kappa shape index (κ2) is 4.77. The van der Waals surface area contributed by atoms with Crippen molar-refractivity contribution in [3.63, 3.8) is 0 Å². The number of aromatic nitrogens is 2. The average Bonchev–Trinajstić information content (AvgIpc) is 2.61. The molecule has 2 N–H and O–H groups in total. The summed E-state index contributed by atoms with van der Waals surface area (Å²) in [5.41, 5.74) is 0. The minimum Gasteiger partial charge on any atom is -0.393 e. The lowest BCUT2D eigenvalue weighted by Gasteiger charge is -2.15. The summed E-state index contributed by atoms with van der Waals surface area (Å²) in [4.78, 5) is 7.82. The Kier molecular flexibility index (Phi) is 3.38. The largest absolute Gasteiger partial charge is 0.393 e. The Morgan fingerprint density at radius 2 is 2.40 bits per heavy atom. The minimum absolute atomic E-state index is 0.171. The van der Waals surface area contributed by atoms with Gasteiger partial charge in [-0.3, -0.25) is 0 Å². The fraction of sp³-hybridized carbons (Fsp3) is 0.600. The molecular weight excluding hydrogens is 214 g/mol. The van der Waals surface area contributed by atoms with Crippen LogP contribution < -0.4 is 5.32 Å². The van der Waals surface area contributed by atoms with E-state index in [-0.39, 0.29) is 11.4 Å². The van der Waals surface area contributed by atoms with E-state index >= 15 is 0 Å². The van der Waals surface area contributed by atoms with E-state index in [0.717, 1.165) is 25.8 Å². The SMILES string of the molecule is OC1CCCC1CNc1ccnc(Cl)n1. The summed E-state index contributed by atoms with van der Waals surface area (Å²) in [7, 11) is 0. The van der Waals surface area contributed by atoms with Crippen LogP contribution in [-0.4, -0.2) is 27.7 Å². The molecule has 1 aromatic rings. The second-order valence-corrected chi connectivity index (χ2v) is 4.19. The van der Waals surface area contributed by atoms with Gasteiger partial charge in [-0.2, -0.15) is 0 Å². The smallest absolute Gasteiger partial charge is 0.224 e. The van der Waals surface area contributed by atoms with E-state index in [0.29, 0.717) is 11.7 Å². The van der Waals surface area contributed by atoms with E-state index in [1.54, 1.807) is 12.3 Å². The number of anilines is 1. The van der Waals surface area contributed by atoms with Crippen molar-refractivity contribution in [3.05, 3.63) is 17.5 Å². The number of halogens is 1. The summed E-state index contributed by atoms with van der Waals surface area (Å²) >= 11 is 5.66. The second-order valence-electron chi connectivity index (χ2n) is 3.85. The van der Waals surface area contributed by atoms with Gasteiger partial charge in [-0.25, -0.2) is 9.97 Å². The van der Waals surface area contributed by atoms with Gasteiger partial charge in [0.2, 0.25) is 5.28 Å². The van der Waals surface area contributed by atoms with Crippen molar-refractivity contribution in [2.24, 2.45) is 5.92 Å². The number of aliphatic hydroxyl groups excluding tert-OH is 1. The van der Waals surface area contributed by atoms with Crippen molar-refractivity contribution in [1.29, 1.82) is 0 Å². The summed E-state index contributed by atoms with van der Waals surface area (Å²) in [5.74, 6) is 1.05. The molecular formula is C10H14ClN3O. The molecule has 0 amide bonds. The van der Waals surface area contributed by atoms with Crippen LogP contribution >= 0.6 is 11.6 Å². The predicted molar refractivity (Wildman–Crippen MR) is 58.9 cm³/mol. The summed E-state index contributed by atoms with van der Waals surface area (Å²) in [5, 5.41) is 13.0. The number of aliphatic hydroxyl groups is 1. The minimum atomic E-state index is -0.171. The van der Waals surface area contributed by atoms with Gasteiger partial charge in [0.15, 0.2) is 0 Å². The first kappa shape index (κ1) is 10.6. The van der Waals surface area contributed by atoms with Crippen LogP contribution in [0.5, 0.6) is 0 Å². The topological polar surface area (TPSA) is 58.0 Å². The van der Waals surface area contributed by atoms with E-state index in [2.05, 4.69) is 15.3 Å². The quantitative estimate of drug-likeness (QED) is 0.772. The third-order valence-corrected chi connectivity index (χ3v) is 2.97. The van der Waals surface area contributed by atoms with Crippen LogP contribution in [-0.2, 0) is 0 Å². The van der Waals surface area contributed by atoms with Crippen molar-refractivity contribution in [3.8, 4) is 0 Å². The summed E-state index contributed by atoms with van der Waals surface area (Å²) in [6.07, 6.45) is 4.54. The van der Waals surface area contributed by atoms with Gasteiger partial charge < -0.3 is 10.4 Å². The Hall–Kier alpha value is -0.870. The molecule has 0 aromatic carbocycles. The van der Waals surface area contributed by atoms with Gasteiger partial charge in [-0.15, -0.1) is 0 Å². The molecule has 1 aliphatic carbocycles. The van der Waals surface area contributed by atoms with E-state index in [1.807, 2.05) is 0 Å². The van der Waals surface area contributed by atoms with Crippen molar-refractivity contribution < 1.29 is 5.11 Å². The third-order valence-electron chi connectivity index (χ3n) is 2.79. The van der Waals surface area contributed by atoms with Crippen LogP contribution in [0.4, 0.5) is 5.82 Å². The molecule has 0 aliphatic heterocycles. The van der Waals surface area contributed by atoms with Gasteiger partial charge in [-0.1, -0.05) is 6.42 Å². The van der Waals surface area contributed by atoms with Gasteiger partial charge in [-0.05, 0) is 30.5 Å². The standard InChI is InChI=1S/C10H14ClN3O/c11-10-12-5-4-9(14-10)13-6-7-2-1-3-8(7)15/h4-5,7-8,15H,1-3,6H2,(H,12,13,14). The van der Waals surface area contributed by atoms with Crippen molar-refractivity contribution >= 4 is 17.4 Å². The van der Waals surface area contributed by atoms with Crippen molar-refractivity contribution in [2.45, 2.75) is 25.4 Å². The van der Waals surface area contributed by atoms with E-state index in [4.69, 9.17) is 11.6 Å². The number of hydrogen-bond acceptors (Lipinski definition) is 4. The molecule has 4 nitrogen and oxygen atoms in total. The lowest BCUT2D eigenvalue weighted by Crippen LogP contribution is -2.22. The molecule has 1 aromatic heterocycles. The maximum Gasteiger partial charge on any atom is 0.224 e. The highest BCUT2D eigenvalue weighted by atomic mass is 35.5. The van der Waals surface area contributed by atoms with Crippen molar-refractivity contribution in [2.75, 3.05) is 11.9 Å². The van der Waals surface area contributed by atoms with Gasteiger partial charge in [0.05, 0.1) is 6.10 Å². The molecule has 82 valence electrons. The first-order chi connectivity index (χ1) is 7.25. The monoisotopic (exact) mass is 227 g/mol. The molecule has 15 heavy (non-hydrogen) atoms. The molecule has 0 bridgehead atoms. The zero-order chi connectivity index (χ0) is 10.7. The maximum atomic E-state index is 9.62. The fourth-order valence-corrected chi connectivity index (χ4v) is 2.07. The van der Waals surface area contributed by atoms with E-state index < -0.39 is 0 Å². The van der Waals surface area contributed by atoms with Gasteiger partial charge in [0.25, 0.3) is 0 Å². The molecule has 1 saturated carbocycles. The normalized spacial score (nSPS) is 25.5. The summed E-state index contributed by atoms with van der Waals surface area (Å²) in [6, 6.07) is 1.77. The third kappa shape index (κ3) is 2.79. The average molecular weight is 228 g/mol. The van der Waals surface area contributed by atoms with E-state index in [9.17, 15) is 5.11 Å². The Bertz CT molecular complexity index is 334. The fourth-order valence-electron chi connectivity index (χ4n) is 1.92. The summed E-state index contributed by atoms with van der Waals surface area (Å²) in [6.45, 7) is 0.745.